The van der Waals surface area contributed by atoms with Crippen molar-refractivity contribution in [2.24, 2.45) is 11.1 Å². The summed E-state index contributed by atoms with van der Waals surface area (Å²) in [5.41, 5.74) is 18.6. The Kier molecular flexibility index (Phi) is 6.78. The Balaban J connectivity index is 1.08. The van der Waals surface area contributed by atoms with Crippen LogP contribution in [0, 0.1) is 5.41 Å². The van der Waals surface area contributed by atoms with E-state index in [-0.39, 0.29) is 11.8 Å². The van der Waals surface area contributed by atoms with Gasteiger partial charge in [0.2, 0.25) is 11.8 Å². The summed E-state index contributed by atoms with van der Waals surface area (Å²) in [6.45, 7) is 7.57. The van der Waals surface area contributed by atoms with E-state index < -0.39 is 0 Å². The number of aromatic amines is 1. The molecule has 0 amide bonds. The Bertz CT molecular complexity index is 1500. The number of H-pyrrole nitrogens is 1. The van der Waals surface area contributed by atoms with Crippen LogP contribution in [0.25, 0.3) is 11.8 Å². The van der Waals surface area contributed by atoms with Crippen LogP contribution in [0.3, 0.4) is 0 Å². The SMILES string of the molecule is COc1nc(N2CCc3[nH]c(N)c(/C=C(\N)c4ccccc4O)c3C2C)ncc1C1CCN(C2CC3(CNC3)C2)CC1. The third kappa shape index (κ3) is 4.57. The summed E-state index contributed by atoms with van der Waals surface area (Å²) in [5.74, 6) is 2.45. The van der Waals surface area contributed by atoms with Crippen LogP contribution in [-0.4, -0.2) is 70.8 Å². The molecular weight excluding hydrogens is 528 g/mol. The fraction of sp³-hybridized carbons (Fsp3) is 0.500. The van der Waals surface area contributed by atoms with E-state index in [0.29, 0.717) is 40.2 Å². The third-order valence-electron chi connectivity index (χ3n) is 10.2. The molecule has 0 radical (unpaired) electrons. The molecule has 4 aliphatic rings. The van der Waals surface area contributed by atoms with Gasteiger partial charge < -0.3 is 41.4 Å². The molecule has 2 saturated heterocycles. The topological polar surface area (TPSA) is 142 Å². The summed E-state index contributed by atoms with van der Waals surface area (Å²) in [5, 5.41) is 13.8. The summed E-state index contributed by atoms with van der Waals surface area (Å²) in [7, 11) is 1.71. The average molecular weight is 571 g/mol. The Morgan fingerprint density at radius 3 is 2.62 bits per heavy atom. The molecule has 5 heterocycles. The van der Waals surface area contributed by atoms with E-state index in [4.69, 9.17) is 26.2 Å². The number of rotatable bonds is 6. The number of ether oxygens (including phenoxy) is 1. The van der Waals surface area contributed by atoms with E-state index in [1.807, 2.05) is 18.3 Å². The van der Waals surface area contributed by atoms with E-state index in [1.54, 1.807) is 25.3 Å². The second-order valence-electron chi connectivity index (χ2n) is 12.7. The number of aromatic nitrogens is 3. The summed E-state index contributed by atoms with van der Waals surface area (Å²) >= 11 is 0. The van der Waals surface area contributed by atoms with Crippen LogP contribution < -0.4 is 26.4 Å². The smallest absolute Gasteiger partial charge is 0.229 e. The van der Waals surface area contributed by atoms with Gasteiger partial charge in [0.1, 0.15) is 11.6 Å². The minimum Gasteiger partial charge on any atom is -0.507 e. The van der Waals surface area contributed by atoms with Crippen LogP contribution in [0.5, 0.6) is 11.6 Å². The molecule has 222 valence electrons. The Morgan fingerprint density at radius 2 is 1.93 bits per heavy atom. The normalized spacial score (nSPS) is 23.0. The number of para-hydroxylation sites is 1. The number of nitrogens with two attached hydrogens (primary N) is 2. The van der Waals surface area contributed by atoms with E-state index in [2.05, 4.69) is 27.0 Å². The van der Waals surface area contributed by atoms with E-state index in [1.165, 1.54) is 25.9 Å². The first-order valence-corrected chi connectivity index (χ1v) is 15.2. The van der Waals surface area contributed by atoms with E-state index in [0.717, 1.165) is 67.3 Å². The Labute approximate surface area is 247 Å². The Morgan fingerprint density at radius 1 is 1.17 bits per heavy atom. The van der Waals surface area contributed by atoms with Gasteiger partial charge in [-0.1, -0.05) is 12.1 Å². The van der Waals surface area contributed by atoms with Gasteiger partial charge in [0.25, 0.3) is 0 Å². The van der Waals surface area contributed by atoms with Gasteiger partial charge in [-0.05, 0) is 75.2 Å². The van der Waals surface area contributed by atoms with Crippen LogP contribution >= 0.6 is 0 Å². The van der Waals surface area contributed by atoms with Crippen LogP contribution in [-0.2, 0) is 6.42 Å². The second-order valence-corrected chi connectivity index (χ2v) is 12.7. The van der Waals surface area contributed by atoms with Gasteiger partial charge in [0, 0.05) is 71.9 Å². The molecule has 7 N–H and O–H groups in total. The number of nitrogens with one attached hydrogen (secondary N) is 2. The maximum atomic E-state index is 10.3. The Hall–Kier alpha value is -3.76. The quantitative estimate of drug-likeness (QED) is 0.300. The molecule has 3 fully saturated rings. The number of hydrogen-bond donors (Lipinski definition) is 5. The number of likely N-dealkylation sites (tertiary alicyclic amines) is 1. The highest BCUT2D eigenvalue weighted by Gasteiger charge is 2.50. The highest BCUT2D eigenvalue weighted by molar-refractivity contribution is 5.86. The van der Waals surface area contributed by atoms with Crippen molar-refractivity contribution < 1.29 is 9.84 Å². The number of anilines is 2. The van der Waals surface area contributed by atoms with Crippen molar-refractivity contribution in [3.63, 3.8) is 0 Å². The molecule has 1 spiro atoms. The molecular formula is C32H42N8O2. The zero-order valence-corrected chi connectivity index (χ0v) is 24.6. The predicted molar refractivity (Wildman–Crippen MR) is 165 cm³/mol. The van der Waals surface area contributed by atoms with Crippen molar-refractivity contribution in [2.75, 3.05) is 50.5 Å². The minimum absolute atomic E-state index is 0.0406. The molecule has 10 nitrogen and oxygen atoms in total. The van der Waals surface area contributed by atoms with Crippen molar-refractivity contribution in [1.82, 2.24) is 25.2 Å². The lowest BCUT2D eigenvalue weighted by Crippen LogP contribution is -2.65. The number of hydrogen-bond acceptors (Lipinski definition) is 9. The van der Waals surface area contributed by atoms with Gasteiger partial charge in [-0.2, -0.15) is 4.98 Å². The first-order chi connectivity index (χ1) is 20.4. The number of piperidine rings is 1. The number of benzene rings is 1. The summed E-state index contributed by atoms with van der Waals surface area (Å²) in [6.07, 6.45) is 9.55. The second kappa shape index (κ2) is 10.5. The van der Waals surface area contributed by atoms with Crippen molar-refractivity contribution in [2.45, 2.75) is 57.0 Å². The van der Waals surface area contributed by atoms with Gasteiger partial charge in [-0.25, -0.2) is 4.98 Å². The van der Waals surface area contributed by atoms with Crippen molar-refractivity contribution >= 4 is 23.5 Å². The first kappa shape index (κ1) is 27.1. The molecule has 1 unspecified atom stereocenters. The average Bonchev–Trinajstić information content (AvgIpc) is 3.27. The largest absolute Gasteiger partial charge is 0.507 e. The lowest BCUT2D eigenvalue weighted by atomic mass is 9.61. The molecule has 10 heteroatoms. The molecule has 1 aliphatic carbocycles. The fourth-order valence-electron chi connectivity index (χ4n) is 7.73. The number of phenols is 1. The van der Waals surface area contributed by atoms with Gasteiger partial charge in [0.05, 0.1) is 13.2 Å². The standard InChI is InChI=1S/C32H42N8O2/c1-19-28-23(13-25(33)22-5-3-4-6-27(22)41)29(34)37-26(28)9-12-40(19)31-36-16-24(30(38-31)42-2)20-7-10-39(11-8-20)21-14-32(15-21)17-35-18-32/h3-6,13,16,19-21,35,37,41H,7-12,14-15,17-18,33-34H2,1-2H3/b25-13-. The zero-order chi connectivity index (χ0) is 29.0. The molecule has 1 aromatic carbocycles. The maximum Gasteiger partial charge on any atom is 0.229 e. The number of nitrogen functional groups attached to an aromatic ring is 1. The number of aromatic hydroxyl groups is 1. The van der Waals surface area contributed by atoms with Crippen molar-refractivity contribution in [3.05, 3.63) is 58.4 Å². The lowest BCUT2D eigenvalue weighted by molar-refractivity contribution is -0.0433. The number of phenolic OH excluding ortho intramolecular Hbond substituents is 1. The first-order valence-electron chi connectivity index (χ1n) is 15.2. The number of fused-ring (bicyclic) bond motifs is 1. The molecule has 0 bridgehead atoms. The van der Waals surface area contributed by atoms with Crippen molar-refractivity contribution in [1.29, 1.82) is 0 Å². The lowest BCUT2D eigenvalue weighted by Gasteiger charge is -2.58. The zero-order valence-electron chi connectivity index (χ0n) is 24.6. The number of methoxy groups -OCH3 is 1. The van der Waals surface area contributed by atoms with Crippen LogP contribution in [0.2, 0.25) is 0 Å². The molecule has 3 aromatic rings. The molecule has 1 saturated carbocycles. The summed E-state index contributed by atoms with van der Waals surface area (Å²) < 4.78 is 5.86. The highest BCUT2D eigenvalue weighted by atomic mass is 16.5. The number of nitrogens with zero attached hydrogens (tertiary/aromatic N) is 4. The minimum atomic E-state index is -0.0406. The van der Waals surface area contributed by atoms with Crippen LogP contribution in [0.15, 0.2) is 30.5 Å². The van der Waals surface area contributed by atoms with Crippen molar-refractivity contribution in [3.8, 4) is 11.6 Å². The third-order valence-corrected chi connectivity index (χ3v) is 10.2. The van der Waals surface area contributed by atoms with Crippen LogP contribution in [0.4, 0.5) is 11.8 Å². The van der Waals surface area contributed by atoms with Gasteiger partial charge in [-0.3, -0.25) is 0 Å². The van der Waals surface area contributed by atoms with Gasteiger partial charge in [0.15, 0.2) is 0 Å². The van der Waals surface area contributed by atoms with E-state index in [9.17, 15) is 5.11 Å². The van der Waals surface area contributed by atoms with Gasteiger partial charge >= 0.3 is 0 Å². The fourth-order valence-corrected chi connectivity index (χ4v) is 7.73. The monoisotopic (exact) mass is 570 g/mol. The predicted octanol–water partition coefficient (Wildman–Crippen LogP) is 3.61. The van der Waals surface area contributed by atoms with Gasteiger partial charge in [-0.15, -0.1) is 0 Å². The molecule has 1 atom stereocenters. The summed E-state index contributed by atoms with van der Waals surface area (Å²) in [6, 6.07) is 7.77. The van der Waals surface area contributed by atoms with Crippen LogP contribution in [0.1, 0.15) is 72.5 Å². The van der Waals surface area contributed by atoms with E-state index >= 15 is 0 Å². The molecule has 2 aromatic heterocycles. The highest BCUT2D eigenvalue weighted by Crippen LogP contribution is 2.48. The molecule has 42 heavy (non-hydrogen) atoms. The molecule has 7 rings (SSSR count). The molecule has 3 aliphatic heterocycles. The maximum absolute atomic E-state index is 10.3. The summed E-state index contributed by atoms with van der Waals surface area (Å²) in [4.78, 5) is 18.1.